The highest BCUT2D eigenvalue weighted by atomic mass is 79.9. The summed E-state index contributed by atoms with van der Waals surface area (Å²) in [4.78, 5) is -0.479. The largest absolute Gasteiger partial charge is 0.240 e. The Kier molecular flexibility index (Phi) is 2.74. The van der Waals surface area contributed by atoms with Crippen LogP contribution in [-0.2, 0) is 10.0 Å². The van der Waals surface area contributed by atoms with Gasteiger partial charge in [0, 0.05) is 10.0 Å². The van der Waals surface area contributed by atoms with Crippen molar-refractivity contribution in [3.63, 3.8) is 0 Å². The predicted octanol–water partition coefficient (Wildman–Crippen LogP) is 1.54. The monoisotopic (exact) mass is 267 g/mol. The Hall–Kier alpha value is -0.460. The van der Waals surface area contributed by atoms with Gasteiger partial charge in [-0.15, -0.1) is 0 Å². The average Bonchev–Trinajstić information content (AvgIpc) is 1.98. The van der Waals surface area contributed by atoms with E-state index in [1.165, 1.54) is 13.0 Å². The minimum absolute atomic E-state index is 0.228. The number of sulfonamides is 1. The molecule has 2 N–H and O–H groups in total. The fraction of sp³-hybridized carbons (Fsp3) is 0.143. The summed E-state index contributed by atoms with van der Waals surface area (Å²) < 4.78 is 35.5. The molecule has 0 atom stereocenters. The maximum Gasteiger partial charge on any atom is 0.240 e. The molecule has 0 aromatic heterocycles. The molecule has 0 spiro atoms. The second-order valence-corrected chi connectivity index (χ2v) is 4.91. The molecular weight excluding hydrogens is 261 g/mol. The lowest BCUT2D eigenvalue weighted by atomic mass is 10.2. The quantitative estimate of drug-likeness (QED) is 0.839. The van der Waals surface area contributed by atoms with Crippen molar-refractivity contribution in [2.75, 3.05) is 0 Å². The molecule has 0 saturated heterocycles. The summed E-state index contributed by atoms with van der Waals surface area (Å²) in [6, 6.07) is 2.57. The van der Waals surface area contributed by atoms with Crippen LogP contribution in [-0.4, -0.2) is 8.42 Å². The zero-order valence-corrected chi connectivity index (χ0v) is 9.12. The molecular formula is C7H7BrFNO2S. The van der Waals surface area contributed by atoms with Crippen LogP contribution in [0.25, 0.3) is 0 Å². The lowest BCUT2D eigenvalue weighted by Gasteiger charge is -2.04. The van der Waals surface area contributed by atoms with Gasteiger partial charge in [-0.3, -0.25) is 0 Å². The van der Waals surface area contributed by atoms with E-state index in [9.17, 15) is 12.8 Å². The summed E-state index contributed by atoms with van der Waals surface area (Å²) >= 11 is 3.07. The van der Waals surface area contributed by atoms with Crippen LogP contribution in [0.4, 0.5) is 4.39 Å². The summed E-state index contributed by atoms with van der Waals surface area (Å²) in [5.41, 5.74) is 0.228. The molecule has 0 unspecified atom stereocenters. The second-order valence-electron chi connectivity index (χ2n) is 2.53. The topological polar surface area (TPSA) is 60.2 Å². The second kappa shape index (κ2) is 3.36. The fourth-order valence-electron chi connectivity index (χ4n) is 0.856. The lowest BCUT2D eigenvalue weighted by Crippen LogP contribution is -2.14. The summed E-state index contributed by atoms with van der Waals surface area (Å²) in [5, 5.41) is 4.79. The van der Waals surface area contributed by atoms with Crippen molar-refractivity contribution >= 4 is 26.0 Å². The van der Waals surface area contributed by atoms with E-state index in [1.54, 1.807) is 0 Å². The first-order valence-electron chi connectivity index (χ1n) is 3.31. The molecule has 72 valence electrons. The number of hydrogen-bond donors (Lipinski definition) is 1. The predicted molar refractivity (Wildman–Crippen MR) is 50.2 cm³/mol. The molecule has 0 radical (unpaired) electrons. The van der Waals surface area contributed by atoms with Crippen molar-refractivity contribution in [1.29, 1.82) is 0 Å². The molecule has 13 heavy (non-hydrogen) atoms. The highest BCUT2D eigenvalue weighted by molar-refractivity contribution is 9.10. The summed E-state index contributed by atoms with van der Waals surface area (Å²) in [5.74, 6) is -0.808. The normalized spacial score (nSPS) is 11.7. The van der Waals surface area contributed by atoms with Crippen LogP contribution in [0.1, 0.15) is 5.56 Å². The van der Waals surface area contributed by atoms with Crippen molar-refractivity contribution in [2.45, 2.75) is 11.8 Å². The van der Waals surface area contributed by atoms with Crippen LogP contribution < -0.4 is 5.14 Å². The Morgan fingerprint density at radius 2 is 2.00 bits per heavy atom. The zero-order valence-electron chi connectivity index (χ0n) is 6.71. The van der Waals surface area contributed by atoms with Crippen LogP contribution >= 0.6 is 15.9 Å². The summed E-state index contributed by atoms with van der Waals surface area (Å²) in [7, 11) is -3.97. The van der Waals surface area contributed by atoms with Gasteiger partial charge < -0.3 is 0 Å². The molecule has 0 aliphatic carbocycles. The third kappa shape index (κ3) is 2.07. The minimum Gasteiger partial charge on any atom is -0.225 e. The van der Waals surface area contributed by atoms with Gasteiger partial charge in [-0.2, -0.15) is 0 Å². The van der Waals surface area contributed by atoms with Gasteiger partial charge >= 0.3 is 0 Å². The SMILES string of the molecule is Cc1c(Br)ccc(S(N)(=O)=O)c1F. The van der Waals surface area contributed by atoms with E-state index >= 15 is 0 Å². The van der Waals surface area contributed by atoms with Gasteiger partial charge in [0.05, 0.1) is 0 Å². The molecule has 1 rings (SSSR count). The van der Waals surface area contributed by atoms with Crippen molar-refractivity contribution in [1.82, 2.24) is 0 Å². The van der Waals surface area contributed by atoms with Crippen molar-refractivity contribution in [3.05, 3.63) is 28.0 Å². The van der Waals surface area contributed by atoms with E-state index in [2.05, 4.69) is 15.9 Å². The molecule has 0 bridgehead atoms. The summed E-state index contributed by atoms with van der Waals surface area (Å²) in [6.45, 7) is 1.47. The van der Waals surface area contributed by atoms with Crippen LogP contribution in [0.2, 0.25) is 0 Å². The number of hydrogen-bond acceptors (Lipinski definition) is 2. The van der Waals surface area contributed by atoms with Crippen LogP contribution in [0.3, 0.4) is 0 Å². The average molecular weight is 268 g/mol. The molecule has 0 aliphatic rings. The molecule has 0 heterocycles. The minimum atomic E-state index is -3.97. The van der Waals surface area contributed by atoms with Crippen LogP contribution in [0.5, 0.6) is 0 Å². The first-order valence-corrected chi connectivity index (χ1v) is 5.65. The molecule has 0 aliphatic heterocycles. The van der Waals surface area contributed by atoms with Crippen molar-refractivity contribution in [2.24, 2.45) is 5.14 Å². The van der Waals surface area contributed by atoms with Gasteiger partial charge in [0.25, 0.3) is 0 Å². The maximum atomic E-state index is 13.3. The Labute approximate surface area is 83.9 Å². The lowest BCUT2D eigenvalue weighted by molar-refractivity contribution is 0.562. The smallest absolute Gasteiger partial charge is 0.225 e. The highest BCUT2D eigenvalue weighted by Gasteiger charge is 2.16. The fourth-order valence-corrected chi connectivity index (χ4v) is 1.82. The molecule has 0 saturated carbocycles. The Bertz CT molecular complexity index is 444. The highest BCUT2D eigenvalue weighted by Crippen LogP contribution is 2.23. The van der Waals surface area contributed by atoms with E-state index in [-0.39, 0.29) is 5.56 Å². The number of halogens is 2. The van der Waals surface area contributed by atoms with E-state index in [0.29, 0.717) is 4.47 Å². The Balaban J connectivity index is 3.53. The van der Waals surface area contributed by atoms with Gasteiger partial charge in [0.2, 0.25) is 10.0 Å². The number of nitrogens with two attached hydrogens (primary N) is 1. The Morgan fingerprint density at radius 1 is 1.46 bits per heavy atom. The van der Waals surface area contributed by atoms with E-state index in [4.69, 9.17) is 5.14 Å². The van der Waals surface area contributed by atoms with Crippen LogP contribution in [0.15, 0.2) is 21.5 Å². The van der Waals surface area contributed by atoms with Crippen molar-refractivity contribution in [3.8, 4) is 0 Å². The van der Waals surface area contributed by atoms with Crippen molar-refractivity contribution < 1.29 is 12.8 Å². The number of primary sulfonamides is 1. The van der Waals surface area contributed by atoms with Gasteiger partial charge in [-0.1, -0.05) is 15.9 Å². The third-order valence-electron chi connectivity index (χ3n) is 1.59. The van der Waals surface area contributed by atoms with Crippen LogP contribution in [0, 0.1) is 12.7 Å². The Morgan fingerprint density at radius 3 is 2.46 bits per heavy atom. The first kappa shape index (κ1) is 10.6. The number of rotatable bonds is 1. The maximum absolute atomic E-state index is 13.3. The molecule has 1 aromatic rings. The summed E-state index contributed by atoms with van der Waals surface area (Å²) in [6.07, 6.45) is 0. The van der Waals surface area contributed by atoms with E-state index in [1.807, 2.05) is 0 Å². The first-order chi connectivity index (χ1) is 5.84. The standard InChI is InChI=1S/C7H7BrFNO2S/c1-4-5(8)2-3-6(7(4)9)13(10,11)12/h2-3H,1H3,(H2,10,11,12). The van der Waals surface area contributed by atoms with Gasteiger partial charge in [0.15, 0.2) is 0 Å². The van der Waals surface area contributed by atoms with Gasteiger partial charge in [0.1, 0.15) is 10.7 Å². The zero-order chi connectivity index (χ0) is 10.2. The van der Waals surface area contributed by atoms with E-state index < -0.39 is 20.7 Å². The molecule has 1 aromatic carbocycles. The van der Waals surface area contributed by atoms with Gasteiger partial charge in [-0.25, -0.2) is 17.9 Å². The molecule has 3 nitrogen and oxygen atoms in total. The third-order valence-corrected chi connectivity index (χ3v) is 3.38. The van der Waals surface area contributed by atoms with E-state index in [0.717, 1.165) is 6.07 Å². The molecule has 6 heteroatoms. The van der Waals surface area contributed by atoms with Gasteiger partial charge in [-0.05, 0) is 19.1 Å². The molecule has 0 fully saturated rings. The number of benzene rings is 1. The molecule has 0 amide bonds.